The number of benzene rings is 1. The normalized spacial score (nSPS) is 21.5. The summed E-state index contributed by atoms with van der Waals surface area (Å²) in [6.45, 7) is 3.60. The van der Waals surface area contributed by atoms with Crippen LogP contribution in [0.2, 0.25) is 0 Å². The summed E-state index contributed by atoms with van der Waals surface area (Å²) in [6.07, 6.45) is 3.53. The van der Waals surface area contributed by atoms with Crippen LogP contribution in [0.5, 0.6) is 0 Å². The summed E-state index contributed by atoms with van der Waals surface area (Å²) in [5.41, 5.74) is 1.27. The van der Waals surface area contributed by atoms with Gasteiger partial charge in [-0.3, -0.25) is 9.69 Å². The van der Waals surface area contributed by atoms with Crippen molar-refractivity contribution in [2.45, 2.75) is 30.9 Å². The van der Waals surface area contributed by atoms with Gasteiger partial charge in [-0.05, 0) is 38.9 Å². The SMILES string of the molecule is CN(C)[C@H](CNC(=O)CN1CCOC2(CCC2)C1)c1ccccc1. The zero-order chi connectivity index (χ0) is 17.0. The standard InChI is InChI=1S/C19H29N3O2/c1-21(2)17(16-7-4-3-5-8-16)13-20-18(23)14-22-11-12-24-19(15-22)9-6-10-19/h3-5,7-8,17H,6,9-15H2,1-2H3,(H,20,23)/t17-/m1/s1. The second kappa shape index (κ2) is 7.64. The molecular formula is C19H29N3O2. The molecule has 0 radical (unpaired) electrons. The maximum absolute atomic E-state index is 12.4. The zero-order valence-electron chi connectivity index (χ0n) is 14.8. The highest BCUT2D eigenvalue weighted by molar-refractivity contribution is 5.78. The highest BCUT2D eigenvalue weighted by Crippen LogP contribution is 2.37. The molecule has 5 heteroatoms. The Morgan fingerprint density at radius 2 is 2.08 bits per heavy atom. The van der Waals surface area contributed by atoms with E-state index >= 15 is 0 Å². The van der Waals surface area contributed by atoms with E-state index in [-0.39, 0.29) is 17.6 Å². The third-order valence-electron chi connectivity index (χ3n) is 5.26. The number of hydrogen-bond donors (Lipinski definition) is 1. The first-order valence-corrected chi connectivity index (χ1v) is 8.92. The molecule has 1 saturated carbocycles. The van der Waals surface area contributed by atoms with E-state index in [0.717, 1.165) is 32.5 Å². The number of carbonyl (C=O) groups is 1. The monoisotopic (exact) mass is 331 g/mol. The largest absolute Gasteiger partial charge is 0.372 e. The Balaban J connectivity index is 1.49. The van der Waals surface area contributed by atoms with E-state index in [1.165, 1.54) is 12.0 Å². The summed E-state index contributed by atoms with van der Waals surface area (Å²) >= 11 is 0. The quantitative estimate of drug-likeness (QED) is 0.861. The van der Waals surface area contributed by atoms with Crippen LogP contribution in [0, 0.1) is 0 Å². The Hall–Kier alpha value is -1.43. The fraction of sp³-hybridized carbons (Fsp3) is 0.632. The smallest absolute Gasteiger partial charge is 0.234 e. The van der Waals surface area contributed by atoms with E-state index in [9.17, 15) is 4.79 Å². The lowest BCUT2D eigenvalue weighted by atomic mass is 9.79. The van der Waals surface area contributed by atoms with Crippen molar-refractivity contribution in [2.24, 2.45) is 0 Å². The molecule has 1 aromatic rings. The van der Waals surface area contributed by atoms with Crippen LogP contribution in [0.1, 0.15) is 30.9 Å². The Bertz CT molecular complexity index is 543. The summed E-state index contributed by atoms with van der Waals surface area (Å²) in [6, 6.07) is 10.5. The number of ether oxygens (including phenoxy) is 1. The molecule has 1 amide bonds. The fourth-order valence-corrected chi connectivity index (χ4v) is 3.68. The van der Waals surface area contributed by atoms with Crippen molar-refractivity contribution in [2.75, 3.05) is 46.9 Å². The third-order valence-corrected chi connectivity index (χ3v) is 5.26. The van der Waals surface area contributed by atoms with Gasteiger partial charge in [-0.1, -0.05) is 30.3 Å². The number of morpholine rings is 1. The zero-order valence-corrected chi connectivity index (χ0v) is 14.8. The predicted octanol–water partition coefficient (Wildman–Crippen LogP) is 1.66. The first kappa shape index (κ1) is 17.4. The molecule has 0 bridgehead atoms. The average molecular weight is 331 g/mol. The summed E-state index contributed by atoms with van der Waals surface area (Å²) in [7, 11) is 4.10. The molecule has 24 heavy (non-hydrogen) atoms. The van der Waals surface area contributed by atoms with E-state index in [1.54, 1.807) is 0 Å². The Morgan fingerprint density at radius 1 is 1.33 bits per heavy atom. The number of likely N-dealkylation sites (N-methyl/N-ethyl adjacent to an activating group) is 1. The van der Waals surface area contributed by atoms with Crippen LogP contribution in [0.4, 0.5) is 0 Å². The van der Waals surface area contributed by atoms with Crippen molar-refractivity contribution < 1.29 is 9.53 Å². The molecular weight excluding hydrogens is 302 g/mol. The summed E-state index contributed by atoms with van der Waals surface area (Å²) in [5, 5.41) is 3.11. The first-order valence-electron chi connectivity index (χ1n) is 8.92. The van der Waals surface area contributed by atoms with E-state index in [4.69, 9.17) is 4.74 Å². The average Bonchev–Trinajstić information content (AvgIpc) is 2.54. The maximum Gasteiger partial charge on any atom is 0.234 e. The van der Waals surface area contributed by atoms with Gasteiger partial charge in [0, 0.05) is 19.6 Å². The minimum Gasteiger partial charge on any atom is -0.372 e. The van der Waals surface area contributed by atoms with Crippen LogP contribution in [0.3, 0.4) is 0 Å². The van der Waals surface area contributed by atoms with Gasteiger partial charge < -0.3 is 15.0 Å². The fourth-order valence-electron chi connectivity index (χ4n) is 3.68. The topological polar surface area (TPSA) is 44.8 Å². The molecule has 1 aromatic carbocycles. The minimum absolute atomic E-state index is 0.0503. The van der Waals surface area contributed by atoms with Crippen LogP contribution in [0.15, 0.2) is 30.3 Å². The first-order chi connectivity index (χ1) is 11.6. The van der Waals surface area contributed by atoms with E-state index in [1.807, 2.05) is 32.3 Å². The third kappa shape index (κ3) is 4.15. The molecule has 2 aliphatic rings. The van der Waals surface area contributed by atoms with Gasteiger partial charge >= 0.3 is 0 Å². The van der Waals surface area contributed by atoms with Gasteiger partial charge in [0.1, 0.15) is 0 Å². The van der Waals surface area contributed by atoms with Gasteiger partial charge in [0.2, 0.25) is 5.91 Å². The van der Waals surface area contributed by atoms with Crippen molar-refractivity contribution in [1.82, 2.24) is 15.1 Å². The number of nitrogens with one attached hydrogen (secondary N) is 1. The molecule has 1 N–H and O–H groups in total. The van der Waals surface area contributed by atoms with E-state index in [2.05, 4.69) is 27.2 Å². The predicted molar refractivity (Wildman–Crippen MR) is 94.9 cm³/mol. The molecule has 132 valence electrons. The van der Waals surface area contributed by atoms with E-state index in [0.29, 0.717) is 13.1 Å². The van der Waals surface area contributed by atoms with Crippen molar-refractivity contribution in [3.8, 4) is 0 Å². The molecule has 2 fully saturated rings. The van der Waals surface area contributed by atoms with Crippen molar-refractivity contribution in [1.29, 1.82) is 0 Å². The number of amides is 1. The highest BCUT2D eigenvalue weighted by Gasteiger charge is 2.42. The molecule has 1 spiro atoms. The molecule has 1 aliphatic heterocycles. The maximum atomic E-state index is 12.4. The van der Waals surface area contributed by atoms with Gasteiger partial charge in [0.05, 0.1) is 24.8 Å². The summed E-state index contributed by atoms with van der Waals surface area (Å²) in [4.78, 5) is 16.8. The van der Waals surface area contributed by atoms with Gasteiger partial charge in [-0.15, -0.1) is 0 Å². The van der Waals surface area contributed by atoms with Gasteiger partial charge in [-0.2, -0.15) is 0 Å². The van der Waals surface area contributed by atoms with Gasteiger partial charge in [0.25, 0.3) is 0 Å². The Kier molecular flexibility index (Phi) is 5.54. The summed E-state index contributed by atoms with van der Waals surface area (Å²) in [5.74, 6) is 0.106. The lowest BCUT2D eigenvalue weighted by molar-refractivity contribution is -0.154. The molecule has 0 unspecified atom stereocenters. The number of carbonyl (C=O) groups excluding carboxylic acids is 1. The van der Waals surface area contributed by atoms with Crippen LogP contribution >= 0.6 is 0 Å². The van der Waals surface area contributed by atoms with Crippen molar-refractivity contribution in [3.05, 3.63) is 35.9 Å². The van der Waals surface area contributed by atoms with Gasteiger partial charge in [0.15, 0.2) is 0 Å². The number of nitrogens with zero attached hydrogens (tertiary/aromatic N) is 2. The van der Waals surface area contributed by atoms with Crippen LogP contribution in [-0.2, 0) is 9.53 Å². The summed E-state index contributed by atoms with van der Waals surface area (Å²) < 4.78 is 5.92. The molecule has 5 nitrogen and oxygen atoms in total. The van der Waals surface area contributed by atoms with Crippen molar-refractivity contribution in [3.63, 3.8) is 0 Å². The molecule has 1 heterocycles. The Morgan fingerprint density at radius 3 is 2.71 bits per heavy atom. The van der Waals surface area contributed by atoms with Crippen LogP contribution < -0.4 is 5.32 Å². The molecule has 0 aromatic heterocycles. The second-order valence-corrected chi connectivity index (χ2v) is 7.29. The van der Waals surface area contributed by atoms with Crippen LogP contribution in [0.25, 0.3) is 0 Å². The molecule has 1 saturated heterocycles. The molecule has 1 atom stereocenters. The lowest BCUT2D eigenvalue weighted by Gasteiger charge is -2.48. The minimum atomic E-state index is 0.0503. The van der Waals surface area contributed by atoms with E-state index < -0.39 is 0 Å². The van der Waals surface area contributed by atoms with Gasteiger partial charge in [-0.25, -0.2) is 0 Å². The number of hydrogen-bond acceptors (Lipinski definition) is 4. The van der Waals surface area contributed by atoms with Crippen LogP contribution in [-0.4, -0.2) is 68.2 Å². The molecule has 1 aliphatic carbocycles. The second-order valence-electron chi connectivity index (χ2n) is 7.29. The van der Waals surface area contributed by atoms with Crippen molar-refractivity contribution >= 4 is 5.91 Å². The Labute approximate surface area is 145 Å². The molecule has 3 rings (SSSR count). The number of rotatable bonds is 6. The lowest BCUT2D eigenvalue weighted by Crippen LogP contribution is -2.57. The highest BCUT2D eigenvalue weighted by atomic mass is 16.5.